The van der Waals surface area contributed by atoms with Gasteiger partial charge in [0.1, 0.15) is 11.5 Å². The Labute approximate surface area is 143 Å². The van der Waals surface area contributed by atoms with E-state index in [2.05, 4.69) is 4.98 Å². The van der Waals surface area contributed by atoms with Crippen LogP contribution >= 0.6 is 11.6 Å². The van der Waals surface area contributed by atoms with Crippen molar-refractivity contribution in [3.05, 3.63) is 70.5 Å². The van der Waals surface area contributed by atoms with Crippen LogP contribution in [0.5, 0.6) is 0 Å². The van der Waals surface area contributed by atoms with Crippen LogP contribution in [-0.2, 0) is 13.2 Å². The number of carboxylic acid groups (broad SMARTS) is 1. The minimum absolute atomic E-state index is 0.177. The van der Waals surface area contributed by atoms with E-state index in [-0.39, 0.29) is 12.3 Å². The van der Waals surface area contributed by atoms with Crippen molar-refractivity contribution in [2.24, 2.45) is 0 Å². The fourth-order valence-electron chi connectivity index (χ4n) is 2.66. The summed E-state index contributed by atoms with van der Waals surface area (Å²) < 4.78 is 3.47. The average molecular weight is 346 g/mol. The number of aliphatic hydroxyl groups excluding tert-OH is 1. The second-order valence-electron chi connectivity index (χ2n) is 5.38. The van der Waals surface area contributed by atoms with Crippen molar-refractivity contribution >= 4 is 17.6 Å². The Morgan fingerprint density at radius 2 is 1.96 bits per heavy atom. The molecule has 0 amide bonds. The van der Waals surface area contributed by atoms with Crippen LogP contribution in [0, 0.1) is 6.92 Å². The number of nitrogens with zero attached hydrogens (tertiary/aromatic N) is 3. The fraction of sp³-hybridized carbons (Fsp3) is 0.176. The molecule has 2 aromatic heterocycles. The van der Waals surface area contributed by atoms with Gasteiger partial charge in [-0.1, -0.05) is 23.7 Å². The van der Waals surface area contributed by atoms with Gasteiger partial charge in [0.2, 0.25) is 0 Å². The summed E-state index contributed by atoms with van der Waals surface area (Å²) in [4.78, 5) is 15.4. The number of aryl methyl sites for hydroxylation is 1. The van der Waals surface area contributed by atoms with Crippen LogP contribution in [0.15, 0.2) is 42.6 Å². The lowest BCUT2D eigenvalue weighted by atomic mass is 10.2. The monoisotopic (exact) mass is 345 g/mol. The third-order valence-corrected chi connectivity index (χ3v) is 4.19. The molecule has 0 aliphatic carbocycles. The zero-order chi connectivity index (χ0) is 17.3. The molecule has 2 heterocycles. The maximum Gasteiger partial charge on any atom is 0.352 e. The summed E-state index contributed by atoms with van der Waals surface area (Å²) >= 11 is 6.01. The molecule has 0 fully saturated rings. The first-order chi connectivity index (χ1) is 11.5. The Morgan fingerprint density at radius 1 is 1.25 bits per heavy atom. The van der Waals surface area contributed by atoms with Crippen LogP contribution in [0.25, 0.3) is 5.69 Å². The number of benzene rings is 1. The minimum atomic E-state index is -0.972. The van der Waals surface area contributed by atoms with Crippen molar-refractivity contribution in [1.82, 2.24) is 14.1 Å². The van der Waals surface area contributed by atoms with Crippen molar-refractivity contribution in [3.8, 4) is 5.69 Å². The van der Waals surface area contributed by atoms with Crippen LogP contribution < -0.4 is 0 Å². The number of aliphatic hydroxyl groups is 1. The number of halogens is 1. The second-order valence-corrected chi connectivity index (χ2v) is 5.73. The minimum Gasteiger partial charge on any atom is -0.477 e. The molecule has 6 nitrogen and oxygen atoms in total. The number of aromatic carboxylic acids is 1. The topological polar surface area (TPSA) is 80.3 Å². The zero-order valence-electron chi connectivity index (χ0n) is 13.0. The number of hydrogen-bond acceptors (Lipinski definition) is 3. The largest absolute Gasteiger partial charge is 0.477 e. The van der Waals surface area contributed by atoms with E-state index in [4.69, 9.17) is 11.6 Å². The van der Waals surface area contributed by atoms with Gasteiger partial charge in [0.05, 0.1) is 12.3 Å². The van der Waals surface area contributed by atoms with Crippen molar-refractivity contribution in [2.45, 2.75) is 20.1 Å². The Hall–Kier alpha value is -2.57. The van der Waals surface area contributed by atoms with Gasteiger partial charge in [-0.15, -0.1) is 0 Å². The van der Waals surface area contributed by atoms with Crippen LogP contribution in [0.4, 0.5) is 0 Å². The second kappa shape index (κ2) is 6.51. The third kappa shape index (κ3) is 2.93. The SMILES string of the molecule is Cc1nc(Cl)c(CO)n1Cc1ccc(-n2cccc2C(=O)O)cc1. The first-order valence-corrected chi connectivity index (χ1v) is 7.71. The smallest absolute Gasteiger partial charge is 0.352 e. The van der Waals surface area contributed by atoms with Crippen LogP contribution in [-0.4, -0.2) is 30.3 Å². The van der Waals surface area contributed by atoms with E-state index in [1.165, 1.54) is 0 Å². The van der Waals surface area contributed by atoms with E-state index in [0.29, 0.717) is 17.4 Å². The summed E-state index contributed by atoms with van der Waals surface area (Å²) in [5.41, 5.74) is 2.55. The zero-order valence-corrected chi connectivity index (χ0v) is 13.7. The van der Waals surface area contributed by atoms with Gasteiger partial charge in [-0.3, -0.25) is 0 Å². The van der Waals surface area contributed by atoms with Crippen molar-refractivity contribution in [2.75, 3.05) is 0 Å². The maximum absolute atomic E-state index is 11.2. The highest BCUT2D eigenvalue weighted by Gasteiger charge is 2.13. The third-order valence-electron chi connectivity index (χ3n) is 3.89. The summed E-state index contributed by atoms with van der Waals surface area (Å²) in [5, 5.41) is 18.9. The highest BCUT2D eigenvalue weighted by molar-refractivity contribution is 6.30. The quantitative estimate of drug-likeness (QED) is 0.745. The molecule has 7 heteroatoms. The summed E-state index contributed by atoms with van der Waals surface area (Å²) in [6.45, 7) is 2.18. The predicted molar refractivity (Wildman–Crippen MR) is 89.7 cm³/mol. The summed E-state index contributed by atoms with van der Waals surface area (Å²) in [6, 6.07) is 10.8. The van der Waals surface area contributed by atoms with E-state index in [0.717, 1.165) is 17.1 Å². The van der Waals surface area contributed by atoms with E-state index in [1.54, 1.807) is 22.9 Å². The van der Waals surface area contributed by atoms with Crippen molar-refractivity contribution in [1.29, 1.82) is 0 Å². The molecule has 0 spiro atoms. The standard InChI is InChI=1S/C17H16ClN3O3/c1-11-19-16(18)15(10-22)21(11)9-12-4-6-13(7-5-12)20-8-2-3-14(20)17(23)24/h2-8,22H,9-10H2,1H3,(H,23,24). The lowest BCUT2D eigenvalue weighted by Gasteiger charge is -2.11. The molecule has 0 atom stereocenters. The molecule has 0 aliphatic heterocycles. The lowest BCUT2D eigenvalue weighted by molar-refractivity contribution is 0.0688. The molecule has 0 saturated carbocycles. The Morgan fingerprint density at radius 3 is 2.58 bits per heavy atom. The van der Waals surface area contributed by atoms with Crippen LogP contribution in [0.3, 0.4) is 0 Å². The first-order valence-electron chi connectivity index (χ1n) is 7.33. The number of imidazole rings is 1. The van der Waals surface area contributed by atoms with Crippen molar-refractivity contribution in [3.63, 3.8) is 0 Å². The Bertz CT molecular complexity index is 881. The van der Waals surface area contributed by atoms with Gasteiger partial charge in [0.15, 0.2) is 5.15 Å². The molecule has 0 radical (unpaired) electrons. The number of carboxylic acids is 1. The highest BCUT2D eigenvalue weighted by atomic mass is 35.5. The summed E-state index contributed by atoms with van der Waals surface area (Å²) in [5.74, 6) is -0.243. The van der Waals surface area contributed by atoms with E-state index in [9.17, 15) is 15.0 Å². The highest BCUT2D eigenvalue weighted by Crippen LogP contribution is 2.20. The molecular formula is C17H16ClN3O3. The molecule has 0 bridgehead atoms. The number of hydrogen-bond donors (Lipinski definition) is 2. The molecule has 2 N–H and O–H groups in total. The summed E-state index contributed by atoms with van der Waals surface area (Å²) in [6.07, 6.45) is 1.71. The van der Waals surface area contributed by atoms with E-state index < -0.39 is 5.97 Å². The Kier molecular flexibility index (Phi) is 4.42. The molecule has 0 aliphatic rings. The summed E-state index contributed by atoms with van der Waals surface area (Å²) in [7, 11) is 0. The molecule has 124 valence electrons. The van der Waals surface area contributed by atoms with E-state index in [1.807, 2.05) is 35.8 Å². The average Bonchev–Trinajstić information content (AvgIpc) is 3.14. The van der Waals surface area contributed by atoms with Gasteiger partial charge in [-0.05, 0) is 36.8 Å². The number of rotatable bonds is 5. The molecule has 0 unspecified atom stereocenters. The first kappa shape index (κ1) is 16.3. The lowest BCUT2D eigenvalue weighted by Crippen LogP contribution is -2.08. The van der Waals surface area contributed by atoms with Gasteiger partial charge in [-0.2, -0.15) is 0 Å². The molecule has 24 heavy (non-hydrogen) atoms. The van der Waals surface area contributed by atoms with Crippen LogP contribution in [0.1, 0.15) is 27.6 Å². The van der Waals surface area contributed by atoms with Gasteiger partial charge in [0.25, 0.3) is 0 Å². The van der Waals surface area contributed by atoms with E-state index >= 15 is 0 Å². The fourth-order valence-corrected chi connectivity index (χ4v) is 2.94. The normalized spacial score (nSPS) is 11.0. The van der Waals surface area contributed by atoms with Gasteiger partial charge >= 0.3 is 5.97 Å². The van der Waals surface area contributed by atoms with Gasteiger partial charge in [-0.25, -0.2) is 9.78 Å². The predicted octanol–water partition coefficient (Wildman–Crippen LogP) is 2.87. The van der Waals surface area contributed by atoms with Crippen LogP contribution in [0.2, 0.25) is 5.15 Å². The van der Waals surface area contributed by atoms with Gasteiger partial charge < -0.3 is 19.3 Å². The molecular weight excluding hydrogens is 330 g/mol. The molecule has 1 aromatic carbocycles. The molecule has 3 rings (SSSR count). The Balaban J connectivity index is 1.88. The van der Waals surface area contributed by atoms with Gasteiger partial charge in [0, 0.05) is 18.4 Å². The number of carbonyl (C=O) groups is 1. The van der Waals surface area contributed by atoms with Crippen molar-refractivity contribution < 1.29 is 15.0 Å². The molecule has 0 saturated heterocycles. The molecule has 3 aromatic rings. The number of aromatic nitrogens is 3. The maximum atomic E-state index is 11.2.